The average Bonchev–Trinajstić information content (AvgIpc) is 2.77. The van der Waals surface area contributed by atoms with Gasteiger partial charge in [0.1, 0.15) is 0 Å². The highest BCUT2D eigenvalue weighted by molar-refractivity contribution is 4.89. The average molecular weight is 228 g/mol. The van der Waals surface area contributed by atoms with Crippen molar-refractivity contribution >= 4 is 0 Å². The van der Waals surface area contributed by atoms with Gasteiger partial charge in [0, 0.05) is 26.2 Å². The second kappa shape index (κ2) is 7.25. The lowest BCUT2D eigenvalue weighted by Gasteiger charge is -2.33. The third-order valence-electron chi connectivity index (χ3n) is 3.84. The zero-order valence-electron chi connectivity index (χ0n) is 11.2. The Morgan fingerprint density at radius 2 is 2.12 bits per heavy atom. The fourth-order valence-corrected chi connectivity index (χ4v) is 2.51. The highest BCUT2D eigenvalue weighted by Gasteiger charge is 2.33. The molecule has 0 aliphatic carbocycles. The van der Waals surface area contributed by atoms with E-state index in [1.54, 1.807) is 0 Å². The summed E-state index contributed by atoms with van der Waals surface area (Å²) in [5.41, 5.74) is 0.516. The van der Waals surface area contributed by atoms with Crippen molar-refractivity contribution in [2.24, 2.45) is 5.41 Å². The van der Waals surface area contributed by atoms with Gasteiger partial charge in [0.25, 0.3) is 0 Å². The zero-order valence-corrected chi connectivity index (χ0v) is 11.2. The lowest BCUT2D eigenvalue weighted by atomic mass is 9.83. The molecule has 1 rings (SSSR count). The summed E-state index contributed by atoms with van der Waals surface area (Å²) >= 11 is 0. The van der Waals surface area contributed by atoms with Crippen molar-refractivity contribution in [2.75, 3.05) is 45.9 Å². The van der Waals surface area contributed by atoms with Gasteiger partial charge in [0.2, 0.25) is 0 Å². The van der Waals surface area contributed by atoms with Gasteiger partial charge in [-0.2, -0.15) is 0 Å². The van der Waals surface area contributed by atoms with Crippen molar-refractivity contribution in [3.8, 4) is 0 Å². The van der Waals surface area contributed by atoms with Crippen molar-refractivity contribution < 1.29 is 4.74 Å². The van der Waals surface area contributed by atoms with Gasteiger partial charge in [0.05, 0.1) is 6.61 Å². The van der Waals surface area contributed by atoms with Crippen molar-refractivity contribution in [1.29, 1.82) is 0 Å². The molecule has 0 bridgehead atoms. The van der Waals surface area contributed by atoms with Crippen molar-refractivity contribution in [3.05, 3.63) is 0 Å². The van der Waals surface area contributed by atoms with E-state index in [4.69, 9.17) is 4.74 Å². The van der Waals surface area contributed by atoms with E-state index in [9.17, 15) is 0 Å². The molecule has 3 heteroatoms. The lowest BCUT2D eigenvalue weighted by Crippen LogP contribution is -2.40. The molecule has 1 aliphatic heterocycles. The number of ether oxygens (including phenoxy) is 1. The molecule has 0 spiro atoms. The molecule has 1 unspecified atom stereocenters. The zero-order chi connectivity index (χ0) is 11.9. The van der Waals surface area contributed by atoms with Crippen LogP contribution in [-0.2, 0) is 4.74 Å². The van der Waals surface area contributed by atoms with Crippen LogP contribution in [0, 0.1) is 5.41 Å². The predicted molar refractivity (Wildman–Crippen MR) is 68.8 cm³/mol. The minimum Gasteiger partial charge on any atom is -0.380 e. The van der Waals surface area contributed by atoms with Crippen LogP contribution in [0.2, 0.25) is 0 Å². The molecule has 0 aromatic rings. The van der Waals surface area contributed by atoms with Crippen LogP contribution < -0.4 is 5.32 Å². The maximum absolute atomic E-state index is 5.44. The maximum atomic E-state index is 5.44. The fourth-order valence-electron chi connectivity index (χ4n) is 2.51. The number of nitrogens with one attached hydrogen (secondary N) is 1. The Bertz CT molecular complexity index is 179. The minimum absolute atomic E-state index is 0.516. The first-order valence-corrected chi connectivity index (χ1v) is 6.77. The Kier molecular flexibility index (Phi) is 6.32. The number of hydrogen-bond donors (Lipinski definition) is 1. The van der Waals surface area contributed by atoms with E-state index >= 15 is 0 Å². The van der Waals surface area contributed by atoms with E-state index < -0.39 is 0 Å². The topological polar surface area (TPSA) is 24.5 Å². The normalized spacial score (nSPS) is 25.5. The Morgan fingerprint density at radius 3 is 2.62 bits per heavy atom. The summed E-state index contributed by atoms with van der Waals surface area (Å²) in [5.74, 6) is 0. The van der Waals surface area contributed by atoms with Crippen LogP contribution >= 0.6 is 0 Å². The van der Waals surface area contributed by atoms with Crippen LogP contribution in [0.3, 0.4) is 0 Å². The van der Waals surface area contributed by atoms with Crippen LogP contribution in [0.1, 0.15) is 33.6 Å². The standard InChI is InChI=1S/C13H28N2O/c1-4-13(7-8-14-11-13)12-15(5-2)9-10-16-6-3/h14H,4-12H2,1-3H3. The van der Waals surface area contributed by atoms with Gasteiger partial charge in [-0.05, 0) is 38.3 Å². The summed E-state index contributed by atoms with van der Waals surface area (Å²) in [6, 6.07) is 0. The molecule has 1 N–H and O–H groups in total. The van der Waals surface area contributed by atoms with E-state index in [-0.39, 0.29) is 0 Å². The van der Waals surface area contributed by atoms with Crippen LogP contribution in [0.4, 0.5) is 0 Å². The highest BCUT2D eigenvalue weighted by atomic mass is 16.5. The van der Waals surface area contributed by atoms with Crippen molar-refractivity contribution in [1.82, 2.24) is 10.2 Å². The van der Waals surface area contributed by atoms with E-state index in [1.165, 1.54) is 32.5 Å². The molecule has 16 heavy (non-hydrogen) atoms. The van der Waals surface area contributed by atoms with Crippen LogP contribution in [-0.4, -0.2) is 50.8 Å². The first-order chi connectivity index (χ1) is 7.76. The van der Waals surface area contributed by atoms with E-state index in [0.29, 0.717) is 5.41 Å². The van der Waals surface area contributed by atoms with E-state index in [2.05, 4.69) is 31.0 Å². The van der Waals surface area contributed by atoms with Gasteiger partial charge < -0.3 is 15.0 Å². The number of nitrogens with zero attached hydrogens (tertiary/aromatic N) is 1. The van der Waals surface area contributed by atoms with Gasteiger partial charge in [-0.3, -0.25) is 0 Å². The first kappa shape index (κ1) is 13.9. The monoisotopic (exact) mass is 228 g/mol. The smallest absolute Gasteiger partial charge is 0.0593 e. The second-order valence-corrected chi connectivity index (χ2v) is 4.85. The summed E-state index contributed by atoms with van der Waals surface area (Å²) in [5, 5.41) is 3.50. The molecule has 0 aromatic carbocycles. The molecule has 3 nitrogen and oxygen atoms in total. The van der Waals surface area contributed by atoms with Crippen molar-refractivity contribution in [3.63, 3.8) is 0 Å². The Hall–Kier alpha value is -0.120. The van der Waals surface area contributed by atoms with Crippen LogP contribution in [0.25, 0.3) is 0 Å². The molecule has 1 aliphatic rings. The fraction of sp³-hybridized carbons (Fsp3) is 1.00. The summed E-state index contributed by atoms with van der Waals surface area (Å²) in [6.45, 7) is 14.1. The van der Waals surface area contributed by atoms with E-state index in [1.807, 2.05) is 0 Å². The number of rotatable bonds is 8. The van der Waals surface area contributed by atoms with Crippen molar-refractivity contribution in [2.45, 2.75) is 33.6 Å². The van der Waals surface area contributed by atoms with Gasteiger partial charge in [-0.25, -0.2) is 0 Å². The van der Waals surface area contributed by atoms with Gasteiger partial charge >= 0.3 is 0 Å². The van der Waals surface area contributed by atoms with Gasteiger partial charge in [-0.15, -0.1) is 0 Å². The Balaban J connectivity index is 2.35. The Labute approximate surface area is 101 Å². The molecule has 0 saturated carbocycles. The third kappa shape index (κ3) is 4.04. The quantitative estimate of drug-likeness (QED) is 0.640. The molecular weight excluding hydrogens is 200 g/mol. The lowest BCUT2D eigenvalue weighted by molar-refractivity contribution is 0.0921. The highest BCUT2D eigenvalue weighted by Crippen LogP contribution is 2.30. The molecule has 0 radical (unpaired) electrons. The molecule has 0 amide bonds. The second-order valence-electron chi connectivity index (χ2n) is 4.85. The number of hydrogen-bond acceptors (Lipinski definition) is 3. The largest absolute Gasteiger partial charge is 0.380 e. The number of likely N-dealkylation sites (N-methyl/N-ethyl adjacent to an activating group) is 1. The van der Waals surface area contributed by atoms with E-state index in [0.717, 1.165) is 26.3 Å². The molecule has 96 valence electrons. The molecule has 1 heterocycles. The van der Waals surface area contributed by atoms with Crippen LogP contribution in [0.15, 0.2) is 0 Å². The summed E-state index contributed by atoms with van der Waals surface area (Å²) < 4.78 is 5.44. The molecule has 0 aromatic heterocycles. The predicted octanol–water partition coefficient (Wildman–Crippen LogP) is 1.73. The molecule has 1 fully saturated rings. The summed E-state index contributed by atoms with van der Waals surface area (Å²) in [7, 11) is 0. The first-order valence-electron chi connectivity index (χ1n) is 6.77. The van der Waals surface area contributed by atoms with Crippen LogP contribution in [0.5, 0.6) is 0 Å². The maximum Gasteiger partial charge on any atom is 0.0593 e. The third-order valence-corrected chi connectivity index (χ3v) is 3.84. The molecular formula is C13H28N2O. The molecule has 1 atom stereocenters. The minimum atomic E-state index is 0.516. The summed E-state index contributed by atoms with van der Waals surface area (Å²) in [6.07, 6.45) is 2.61. The van der Waals surface area contributed by atoms with Gasteiger partial charge in [0.15, 0.2) is 0 Å². The molecule has 1 saturated heterocycles. The Morgan fingerprint density at radius 1 is 1.31 bits per heavy atom. The summed E-state index contributed by atoms with van der Waals surface area (Å²) in [4.78, 5) is 2.53. The SMILES string of the molecule is CCOCCN(CC)CC1(CC)CCNC1. The van der Waals surface area contributed by atoms with Gasteiger partial charge in [-0.1, -0.05) is 13.8 Å².